The molecule has 0 spiro atoms. The van der Waals surface area contributed by atoms with Crippen molar-refractivity contribution < 1.29 is 19.7 Å². The van der Waals surface area contributed by atoms with Crippen molar-refractivity contribution in [2.75, 3.05) is 13.2 Å². The smallest absolute Gasteiger partial charge is 0.250 e. The van der Waals surface area contributed by atoms with E-state index < -0.39 is 12.1 Å². The minimum absolute atomic E-state index is 0.286. The van der Waals surface area contributed by atoms with Crippen LogP contribution in [0.25, 0.3) is 0 Å². The zero-order chi connectivity index (χ0) is 12.0. The van der Waals surface area contributed by atoms with Crippen LogP contribution in [0.2, 0.25) is 0 Å². The van der Waals surface area contributed by atoms with Gasteiger partial charge in [-0.25, -0.2) is 0 Å². The van der Waals surface area contributed by atoms with E-state index in [9.17, 15) is 10.2 Å². The van der Waals surface area contributed by atoms with Crippen LogP contribution >= 0.6 is 0 Å². The number of rotatable bonds is 6. The van der Waals surface area contributed by atoms with Crippen molar-refractivity contribution in [1.29, 1.82) is 0 Å². The van der Waals surface area contributed by atoms with Gasteiger partial charge in [-0.2, -0.15) is 5.11 Å². The topological polar surface area (TPSA) is 58.6 Å². The Kier molecular flexibility index (Phi) is 4.89. The summed E-state index contributed by atoms with van der Waals surface area (Å²) in [6.07, 6.45) is -1.98. The van der Waals surface area contributed by atoms with E-state index in [4.69, 9.17) is 9.47 Å². The summed E-state index contributed by atoms with van der Waals surface area (Å²) in [5.74, 6) is -1.61. The Morgan fingerprint density at radius 3 is 2.06 bits per heavy atom. The van der Waals surface area contributed by atoms with Crippen molar-refractivity contribution in [3.63, 3.8) is 0 Å². The van der Waals surface area contributed by atoms with Gasteiger partial charge in [0.2, 0.25) is 6.29 Å². The zero-order valence-electron chi connectivity index (χ0n) is 9.55. The highest BCUT2D eigenvalue weighted by Gasteiger charge is 2.42. The fourth-order valence-electron chi connectivity index (χ4n) is 1.59. The molecule has 0 amide bonds. The standard InChI is InChI=1S/C12H17O4/c1-3-15-12(11(13)14,16-4-2)10-8-6-5-7-9-10/h5-9,11,13H,3-4H2,1-2H3. The summed E-state index contributed by atoms with van der Waals surface area (Å²) in [6, 6.07) is 8.76. The Bertz CT molecular complexity index is 291. The second-order valence-corrected chi connectivity index (χ2v) is 3.25. The lowest BCUT2D eigenvalue weighted by molar-refractivity contribution is -0.353. The summed E-state index contributed by atoms with van der Waals surface area (Å²) in [5, 5.41) is 20.8. The van der Waals surface area contributed by atoms with E-state index in [1.165, 1.54) is 0 Å². The molecule has 0 aliphatic heterocycles. The molecule has 0 bridgehead atoms. The molecule has 0 saturated carbocycles. The predicted octanol–water partition coefficient (Wildman–Crippen LogP) is 1.66. The summed E-state index contributed by atoms with van der Waals surface area (Å²) in [6.45, 7) is 4.07. The van der Waals surface area contributed by atoms with Gasteiger partial charge >= 0.3 is 0 Å². The molecule has 0 heterocycles. The SMILES string of the molecule is CCOC(OCC)(c1ccccc1)C([O])O. The lowest BCUT2D eigenvalue weighted by atomic mass is 10.1. The van der Waals surface area contributed by atoms with Crippen LogP contribution in [-0.2, 0) is 20.4 Å². The van der Waals surface area contributed by atoms with E-state index in [0.29, 0.717) is 5.56 Å². The summed E-state index contributed by atoms with van der Waals surface area (Å²) >= 11 is 0. The van der Waals surface area contributed by atoms with Crippen LogP contribution in [0.3, 0.4) is 0 Å². The Morgan fingerprint density at radius 1 is 1.19 bits per heavy atom. The summed E-state index contributed by atoms with van der Waals surface area (Å²) in [4.78, 5) is 0. The van der Waals surface area contributed by atoms with Crippen LogP contribution in [-0.4, -0.2) is 24.6 Å². The quantitative estimate of drug-likeness (QED) is 0.749. The van der Waals surface area contributed by atoms with Gasteiger partial charge in [0.05, 0.1) is 0 Å². The maximum Gasteiger partial charge on any atom is 0.250 e. The first-order chi connectivity index (χ1) is 7.67. The van der Waals surface area contributed by atoms with E-state index in [1.54, 1.807) is 38.1 Å². The fourth-order valence-corrected chi connectivity index (χ4v) is 1.59. The number of aliphatic hydroxyl groups excluding tert-OH is 1. The Hall–Kier alpha value is -0.940. The van der Waals surface area contributed by atoms with Gasteiger partial charge in [0.25, 0.3) is 5.79 Å². The minimum atomic E-state index is -1.98. The van der Waals surface area contributed by atoms with Gasteiger partial charge in [-0.1, -0.05) is 30.3 Å². The number of hydrogen-bond donors (Lipinski definition) is 1. The summed E-state index contributed by atoms with van der Waals surface area (Å²) in [7, 11) is 0. The Balaban J connectivity index is 3.10. The van der Waals surface area contributed by atoms with Gasteiger partial charge in [-0.3, -0.25) is 0 Å². The largest absolute Gasteiger partial charge is 0.361 e. The zero-order valence-corrected chi connectivity index (χ0v) is 9.55. The molecule has 0 fully saturated rings. The first-order valence-electron chi connectivity index (χ1n) is 5.34. The number of benzene rings is 1. The Morgan fingerprint density at radius 2 is 1.69 bits per heavy atom. The molecule has 1 radical (unpaired) electrons. The molecule has 1 unspecified atom stereocenters. The molecule has 1 aromatic rings. The molecule has 1 atom stereocenters. The molecule has 0 aliphatic rings. The van der Waals surface area contributed by atoms with E-state index in [1.807, 2.05) is 6.07 Å². The number of ether oxygens (including phenoxy) is 2. The van der Waals surface area contributed by atoms with E-state index in [0.717, 1.165) is 0 Å². The lowest BCUT2D eigenvalue weighted by Crippen LogP contribution is -2.44. The van der Waals surface area contributed by atoms with Crippen LogP contribution in [0.5, 0.6) is 0 Å². The predicted molar refractivity (Wildman–Crippen MR) is 58.1 cm³/mol. The fraction of sp³-hybridized carbons (Fsp3) is 0.500. The monoisotopic (exact) mass is 225 g/mol. The first kappa shape index (κ1) is 13.1. The first-order valence-corrected chi connectivity index (χ1v) is 5.34. The van der Waals surface area contributed by atoms with E-state index in [-0.39, 0.29) is 13.2 Å². The van der Waals surface area contributed by atoms with Crippen molar-refractivity contribution in [2.45, 2.75) is 25.9 Å². The van der Waals surface area contributed by atoms with Crippen molar-refractivity contribution >= 4 is 0 Å². The van der Waals surface area contributed by atoms with Gasteiger partial charge in [0, 0.05) is 18.8 Å². The maximum absolute atomic E-state index is 11.4. The average Bonchev–Trinajstić information content (AvgIpc) is 2.29. The molecular formula is C12H17O4. The van der Waals surface area contributed by atoms with Gasteiger partial charge in [0.1, 0.15) is 0 Å². The molecular weight excluding hydrogens is 208 g/mol. The molecule has 4 nitrogen and oxygen atoms in total. The molecule has 0 aromatic heterocycles. The van der Waals surface area contributed by atoms with Crippen molar-refractivity contribution in [3.05, 3.63) is 35.9 Å². The normalized spacial score (nSPS) is 12.1. The lowest BCUT2D eigenvalue weighted by Gasteiger charge is -2.33. The summed E-state index contributed by atoms with van der Waals surface area (Å²) < 4.78 is 10.7. The van der Waals surface area contributed by atoms with Gasteiger partial charge in [-0.15, -0.1) is 0 Å². The third-order valence-electron chi connectivity index (χ3n) is 2.22. The van der Waals surface area contributed by atoms with E-state index >= 15 is 0 Å². The highest BCUT2D eigenvalue weighted by atomic mass is 16.7. The van der Waals surface area contributed by atoms with Gasteiger partial charge < -0.3 is 14.6 Å². The third kappa shape index (κ3) is 2.59. The van der Waals surface area contributed by atoms with Crippen LogP contribution in [0, 0.1) is 0 Å². The molecule has 16 heavy (non-hydrogen) atoms. The summed E-state index contributed by atoms with van der Waals surface area (Å²) in [5.41, 5.74) is 0.529. The van der Waals surface area contributed by atoms with Crippen LogP contribution in [0.1, 0.15) is 19.4 Å². The maximum atomic E-state index is 11.4. The minimum Gasteiger partial charge on any atom is -0.361 e. The Labute approximate surface area is 95.4 Å². The van der Waals surface area contributed by atoms with E-state index in [2.05, 4.69) is 0 Å². The second-order valence-electron chi connectivity index (χ2n) is 3.25. The van der Waals surface area contributed by atoms with Crippen molar-refractivity contribution in [2.24, 2.45) is 0 Å². The van der Waals surface area contributed by atoms with Crippen molar-refractivity contribution in [3.8, 4) is 0 Å². The van der Waals surface area contributed by atoms with Crippen LogP contribution in [0.4, 0.5) is 0 Å². The molecule has 0 aliphatic carbocycles. The molecule has 0 saturated heterocycles. The second kappa shape index (κ2) is 5.96. The number of aliphatic hydroxyl groups is 1. The van der Waals surface area contributed by atoms with Crippen molar-refractivity contribution in [1.82, 2.24) is 0 Å². The van der Waals surface area contributed by atoms with Gasteiger partial charge in [0.15, 0.2) is 0 Å². The molecule has 89 valence electrons. The van der Waals surface area contributed by atoms with Crippen LogP contribution < -0.4 is 0 Å². The molecule has 4 heteroatoms. The highest BCUT2D eigenvalue weighted by Crippen LogP contribution is 2.30. The molecule has 1 rings (SSSR count). The van der Waals surface area contributed by atoms with Crippen LogP contribution in [0.15, 0.2) is 30.3 Å². The third-order valence-corrected chi connectivity index (χ3v) is 2.22. The number of hydrogen-bond acceptors (Lipinski definition) is 3. The molecule has 1 aromatic carbocycles. The highest BCUT2D eigenvalue weighted by molar-refractivity contribution is 5.21. The van der Waals surface area contributed by atoms with Gasteiger partial charge in [-0.05, 0) is 13.8 Å². The average molecular weight is 225 g/mol. The molecule has 1 N–H and O–H groups in total.